The molecule has 0 fully saturated rings. The minimum Gasteiger partial charge on any atom is -0.468 e. The number of benzene rings is 1. The third kappa shape index (κ3) is 3.29. The molecule has 0 aromatic heterocycles. The molecule has 1 rings (SSSR count). The third-order valence-electron chi connectivity index (χ3n) is 2.30. The van der Waals surface area contributed by atoms with E-state index < -0.39 is 12.0 Å². The smallest absolute Gasteiger partial charge is 0.327 e. The minimum absolute atomic E-state index is 0.189. The van der Waals surface area contributed by atoms with E-state index in [1.54, 1.807) is 24.3 Å². The largest absolute Gasteiger partial charge is 0.468 e. The highest BCUT2D eigenvalue weighted by molar-refractivity contribution is 5.94. The molecule has 17 heavy (non-hydrogen) atoms. The molecule has 0 aliphatic rings. The highest BCUT2D eigenvalue weighted by atomic mass is 16.5. The summed E-state index contributed by atoms with van der Waals surface area (Å²) in [5, 5.41) is 2.68. The van der Waals surface area contributed by atoms with Crippen LogP contribution in [0.15, 0.2) is 24.3 Å². The zero-order valence-electron chi connectivity index (χ0n) is 9.90. The number of nitrogens with two attached hydrogens (primary N) is 1. The Hall–Kier alpha value is -1.88. The predicted octanol–water partition coefficient (Wildman–Crippen LogP) is 0.609. The Bertz CT molecular complexity index is 418. The molecule has 5 heteroatoms. The first-order valence-corrected chi connectivity index (χ1v) is 5.31. The van der Waals surface area contributed by atoms with Gasteiger partial charge in [0.15, 0.2) is 0 Å². The number of rotatable bonds is 4. The van der Waals surface area contributed by atoms with E-state index in [1.807, 2.05) is 6.92 Å². The Labute approximate surface area is 99.9 Å². The molecule has 3 N–H and O–H groups in total. The molecule has 0 heterocycles. The van der Waals surface area contributed by atoms with Crippen LogP contribution >= 0.6 is 0 Å². The molecule has 0 spiro atoms. The number of esters is 1. The summed E-state index contributed by atoms with van der Waals surface area (Å²) in [5.41, 5.74) is 6.72. The third-order valence-corrected chi connectivity index (χ3v) is 2.30. The zero-order chi connectivity index (χ0) is 12.8. The van der Waals surface area contributed by atoms with E-state index in [4.69, 9.17) is 5.73 Å². The monoisotopic (exact) mass is 236 g/mol. The van der Waals surface area contributed by atoms with E-state index in [0.717, 1.165) is 0 Å². The van der Waals surface area contributed by atoms with Crippen molar-refractivity contribution in [3.05, 3.63) is 35.4 Å². The van der Waals surface area contributed by atoms with E-state index in [1.165, 1.54) is 7.11 Å². The average molecular weight is 236 g/mol. The van der Waals surface area contributed by atoms with Gasteiger partial charge in [-0.3, -0.25) is 9.59 Å². The second-order valence-corrected chi connectivity index (χ2v) is 3.49. The fourth-order valence-electron chi connectivity index (χ4n) is 1.40. The molecule has 0 radical (unpaired) electrons. The van der Waals surface area contributed by atoms with Crippen LogP contribution in [0.4, 0.5) is 0 Å². The summed E-state index contributed by atoms with van der Waals surface area (Å²) in [4.78, 5) is 22.9. The summed E-state index contributed by atoms with van der Waals surface area (Å²) < 4.78 is 4.55. The molecule has 0 saturated carbocycles. The SMILES string of the molecule is CCNC(=O)c1cccc(C(N)C(=O)OC)c1. The summed E-state index contributed by atoms with van der Waals surface area (Å²) in [7, 11) is 1.27. The fraction of sp³-hybridized carbons (Fsp3) is 0.333. The maximum absolute atomic E-state index is 11.6. The molecule has 1 amide bonds. The first kappa shape index (κ1) is 13.2. The number of nitrogens with one attached hydrogen (secondary N) is 1. The molecule has 1 aromatic rings. The second kappa shape index (κ2) is 6.00. The number of carbonyl (C=O) groups is 2. The van der Waals surface area contributed by atoms with Gasteiger partial charge < -0.3 is 15.8 Å². The van der Waals surface area contributed by atoms with Gasteiger partial charge in [0.25, 0.3) is 5.91 Å². The van der Waals surface area contributed by atoms with Crippen molar-refractivity contribution in [1.29, 1.82) is 0 Å². The quantitative estimate of drug-likeness (QED) is 0.750. The van der Waals surface area contributed by atoms with Crippen LogP contribution in [0, 0.1) is 0 Å². The summed E-state index contributed by atoms with van der Waals surface area (Å²) in [6, 6.07) is 5.76. The maximum Gasteiger partial charge on any atom is 0.327 e. The van der Waals surface area contributed by atoms with Crippen molar-refractivity contribution in [2.45, 2.75) is 13.0 Å². The average Bonchev–Trinajstić information content (AvgIpc) is 2.37. The van der Waals surface area contributed by atoms with Gasteiger partial charge in [-0.15, -0.1) is 0 Å². The van der Waals surface area contributed by atoms with Crippen LogP contribution in [0.25, 0.3) is 0 Å². The fourth-order valence-corrected chi connectivity index (χ4v) is 1.40. The van der Waals surface area contributed by atoms with Gasteiger partial charge in [-0.25, -0.2) is 0 Å². The van der Waals surface area contributed by atoms with E-state index in [0.29, 0.717) is 17.7 Å². The molecule has 1 unspecified atom stereocenters. The van der Waals surface area contributed by atoms with Crippen molar-refractivity contribution in [3.63, 3.8) is 0 Å². The molecular weight excluding hydrogens is 220 g/mol. The molecule has 5 nitrogen and oxygen atoms in total. The summed E-state index contributed by atoms with van der Waals surface area (Å²) in [5.74, 6) is -0.718. The van der Waals surface area contributed by atoms with Crippen LogP contribution in [-0.4, -0.2) is 25.5 Å². The Balaban J connectivity index is 2.93. The molecule has 0 saturated heterocycles. The zero-order valence-corrected chi connectivity index (χ0v) is 9.90. The number of carbonyl (C=O) groups excluding carboxylic acids is 2. The Morgan fingerprint density at radius 3 is 2.76 bits per heavy atom. The van der Waals surface area contributed by atoms with Gasteiger partial charge in [-0.1, -0.05) is 12.1 Å². The number of ether oxygens (including phenoxy) is 1. The molecule has 1 atom stereocenters. The van der Waals surface area contributed by atoms with Crippen LogP contribution < -0.4 is 11.1 Å². The lowest BCUT2D eigenvalue weighted by Crippen LogP contribution is -2.25. The van der Waals surface area contributed by atoms with Crippen molar-refractivity contribution in [2.75, 3.05) is 13.7 Å². The molecule has 92 valence electrons. The van der Waals surface area contributed by atoms with Crippen molar-refractivity contribution in [3.8, 4) is 0 Å². The van der Waals surface area contributed by atoms with Crippen LogP contribution in [0.3, 0.4) is 0 Å². The molecular formula is C12H16N2O3. The molecule has 0 bridgehead atoms. The van der Waals surface area contributed by atoms with Crippen molar-refractivity contribution >= 4 is 11.9 Å². The van der Waals surface area contributed by atoms with E-state index in [-0.39, 0.29) is 5.91 Å². The second-order valence-electron chi connectivity index (χ2n) is 3.49. The van der Waals surface area contributed by atoms with E-state index in [9.17, 15) is 9.59 Å². The van der Waals surface area contributed by atoms with Gasteiger partial charge in [-0.05, 0) is 24.6 Å². The lowest BCUT2D eigenvalue weighted by molar-refractivity contribution is -0.142. The van der Waals surface area contributed by atoms with Gasteiger partial charge >= 0.3 is 5.97 Å². The number of amides is 1. The Morgan fingerprint density at radius 1 is 1.47 bits per heavy atom. The van der Waals surface area contributed by atoms with E-state index >= 15 is 0 Å². The summed E-state index contributed by atoms with van der Waals surface area (Å²) in [6.07, 6.45) is 0. The van der Waals surface area contributed by atoms with Crippen LogP contribution in [0.1, 0.15) is 28.9 Å². The number of methoxy groups -OCH3 is 1. The molecule has 0 aliphatic carbocycles. The van der Waals surface area contributed by atoms with Crippen molar-refractivity contribution in [1.82, 2.24) is 5.32 Å². The highest BCUT2D eigenvalue weighted by Crippen LogP contribution is 2.13. The molecule has 1 aromatic carbocycles. The summed E-state index contributed by atoms with van der Waals surface area (Å²) in [6.45, 7) is 2.38. The number of hydrogen-bond donors (Lipinski definition) is 2. The standard InChI is InChI=1S/C12H16N2O3/c1-3-14-11(15)9-6-4-5-8(7-9)10(13)12(16)17-2/h4-7,10H,3,13H2,1-2H3,(H,14,15). The maximum atomic E-state index is 11.6. The highest BCUT2D eigenvalue weighted by Gasteiger charge is 2.17. The van der Waals surface area contributed by atoms with Crippen LogP contribution in [0.5, 0.6) is 0 Å². The van der Waals surface area contributed by atoms with Gasteiger partial charge in [0, 0.05) is 12.1 Å². The number of hydrogen-bond acceptors (Lipinski definition) is 4. The predicted molar refractivity (Wildman–Crippen MR) is 63.4 cm³/mol. The van der Waals surface area contributed by atoms with Crippen molar-refractivity contribution in [2.24, 2.45) is 5.73 Å². The minimum atomic E-state index is -0.866. The topological polar surface area (TPSA) is 81.4 Å². The normalized spacial score (nSPS) is 11.7. The lowest BCUT2D eigenvalue weighted by Gasteiger charge is -2.10. The van der Waals surface area contributed by atoms with Crippen LogP contribution in [-0.2, 0) is 9.53 Å². The van der Waals surface area contributed by atoms with Gasteiger partial charge in [0.05, 0.1) is 7.11 Å². The van der Waals surface area contributed by atoms with Crippen LogP contribution in [0.2, 0.25) is 0 Å². The first-order chi connectivity index (χ1) is 8.10. The van der Waals surface area contributed by atoms with Crippen molar-refractivity contribution < 1.29 is 14.3 Å². The summed E-state index contributed by atoms with van der Waals surface area (Å²) >= 11 is 0. The van der Waals surface area contributed by atoms with Gasteiger partial charge in [0.1, 0.15) is 6.04 Å². The Morgan fingerprint density at radius 2 is 2.18 bits per heavy atom. The van der Waals surface area contributed by atoms with Gasteiger partial charge in [0.2, 0.25) is 0 Å². The lowest BCUT2D eigenvalue weighted by atomic mass is 10.0. The first-order valence-electron chi connectivity index (χ1n) is 5.31. The van der Waals surface area contributed by atoms with Gasteiger partial charge in [-0.2, -0.15) is 0 Å². The Kier molecular flexibility index (Phi) is 4.66. The van der Waals surface area contributed by atoms with E-state index in [2.05, 4.69) is 10.1 Å². The molecule has 0 aliphatic heterocycles.